The standard InChI is InChI=1S/C12H24N2/c1-12(2,3)14-7-10-5-4-9(6-13)11(10)8-14/h9-11H,4-8,13H2,1-3H3/t9-,10+,11+/m0/s1. The molecule has 0 aromatic carbocycles. The lowest BCUT2D eigenvalue weighted by Crippen LogP contribution is -2.40. The monoisotopic (exact) mass is 196 g/mol. The first kappa shape index (κ1) is 10.4. The Morgan fingerprint density at radius 3 is 2.50 bits per heavy atom. The van der Waals surface area contributed by atoms with Gasteiger partial charge in [0.25, 0.3) is 0 Å². The lowest BCUT2D eigenvalue weighted by Gasteiger charge is -2.32. The molecule has 0 spiro atoms. The van der Waals surface area contributed by atoms with Crippen LogP contribution in [0.15, 0.2) is 0 Å². The molecular formula is C12H24N2. The van der Waals surface area contributed by atoms with Crippen LogP contribution >= 0.6 is 0 Å². The summed E-state index contributed by atoms with van der Waals surface area (Å²) in [7, 11) is 0. The summed E-state index contributed by atoms with van der Waals surface area (Å²) >= 11 is 0. The molecule has 2 nitrogen and oxygen atoms in total. The molecule has 0 bridgehead atoms. The van der Waals surface area contributed by atoms with Crippen LogP contribution in [0.5, 0.6) is 0 Å². The molecule has 0 amide bonds. The Balaban J connectivity index is 2.01. The molecule has 2 rings (SSSR count). The zero-order chi connectivity index (χ0) is 10.3. The summed E-state index contributed by atoms with van der Waals surface area (Å²) in [6.07, 6.45) is 2.79. The first-order valence-corrected chi connectivity index (χ1v) is 5.97. The van der Waals surface area contributed by atoms with Crippen LogP contribution in [0.25, 0.3) is 0 Å². The highest BCUT2D eigenvalue weighted by Crippen LogP contribution is 2.43. The maximum absolute atomic E-state index is 5.83. The van der Waals surface area contributed by atoms with E-state index in [0.717, 1.165) is 24.3 Å². The van der Waals surface area contributed by atoms with Crippen LogP contribution < -0.4 is 5.73 Å². The van der Waals surface area contributed by atoms with Gasteiger partial charge in [0, 0.05) is 18.6 Å². The van der Waals surface area contributed by atoms with E-state index in [0.29, 0.717) is 5.54 Å². The molecule has 1 saturated heterocycles. The topological polar surface area (TPSA) is 29.3 Å². The number of fused-ring (bicyclic) bond motifs is 1. The Kier molecular flexibility index (Phi) is 2.61. The zero-order valence-electron chi connectivity index (χ0n) is 9.79. The quantitative estimate of drug-likeness (QED) is 0.691. The molecule has 2 N–H and O–H groups in total. The van der Waals surface area contributed by atoms with E-state index >= 15 is 0 Å². The molecule has 1 saturated carbocycles. The summed E-state index contributed by atoms with van der Waals surface area (Å²) in [5.74, 6) is 2.66. The van der Waals surface area contributed by atoms with Crippen molar-refractivity contribution in [3.05, 3.63) is 0 Å². The SMILES string of the molecule is CC(C)(C)N1C[C@H]2CC[C@@H](CN)[C@H]2C1. The summed E-state index contributed by atoms with van der Waals surface area (Å²) < 4.78 is 0. The van der Waals surface area contributed by atoms with Crippen molar-refractivity contribution in [1.82, 2.24) is 4.90 Å². The van der Waals surface area contributed by atoms with Gasteiger partial charge in [-0.1, -0.05) is 0 Å². The van der Waals surface area contributed by atoms with Crippen molar-refractivity contribution in [2.24, 2.45) is 23.5 Å². The molecule has 0 radical (unpaired) electrons. The molecule has 2 fully saturated rings. The lowest BCUT2D eigenvalue weighted by molar-refractivity contribution is 0.155. The smallest absolute Gasteiger partial charge is 0.0125 e. The highest BCUT2D eigenvalue weighted by Gasteiger charge is 2.44. The van der Waals surface area contributed by atoms with Crippen molar-refractivity contribution < 1.29 is 0 Å². The van der Waals surface area contributed by atoms with Gasteiger partial charge >= 0.3 is 0 Å². The molecule has 0 unspecified atom stereocenters. The van der Waals surface area contributed by atoms with Gasteiger partial charge < -0.3 is 5.73 Å². The first-order chi connectivity index (χ1) is 6.52. The van der Waals surface area contributed by atoms with Gasteiger partial charge in [-0.05, 0) is 57.9 Å². The highest BCUT2D eigenvalue weighted by atomic mass is 15.2. The molecule has 2 aliphatic rings. The molecule has 1 aliphatic carbocycles. The maximum Gasteiger partial charge on any atom is 0.0125 e. The summed E-state index contributed by atoms with van der Waals surface area (Å²) in [4.78, 5) is 2.64. The van der Waals surface area contributed by atoms with Gasteiger partial charge in [-0.2, -0.15) is 0 Å². The number of hydrogen-bond donors (Lipinski definition) is 1. The van der Waals surface area contributed by atoms with Crippen LogP contribution in [-0.4, -0.2) is 30.1 Å². The van der Waals surface area contributed by atoms with Crippen LogP contribution in [0, 0.1) is 17.8 Å². The summed E-state index contributed by atoms with van der Waals surface area (Å²) in [5.41, 5.74) is 6.18. The van der Waals surface area contributed by atoms with Crippen molar-refractivity contribution in [3.8, 4) is 0 Å². The van der Waals surface area contributed by atoms with Crippen LogP contribution in [0.1, 0.15) is 33.6 Å². The minimum Gasteiger partial charge on any atom is -0.330 e. The van der Waals surface area contributed by atoms with Crippen molar-refractivity contribution in [1.29, 1.82) is 0 Å². The Labute approximate surface area is 87.8 Å². The van der Waals surface area contributed by atoms with Crippen LogP contribution in [-0.2, 0) is 0 Å². The molecule has 82 valence electrons. The van der Waals surface area contributed by atoms with Crippen molar-refractivity contribution in [3.63, 3.8) is 0 Å². The van der Waals surface area contributed by atoms with Gasteiger partial charge in [0.1, 0.15) is 0 Å². The summed E-state index contributed by atoms with van der Waals surface area (Å²) in [6.45, 7) is 10.5. The fourth-order valence-corrected chi connectivity index (χ4v) is 3.22. The van der Waals surface area contributed by atoms with E-state index in [-0.39, 0.29) is 0 Å². The second-order valence-electron chi connectivity index (χ2n) is 6.07. The van der Waals surface area contributed by atoms with Gasteiger partial charge in [-0.15, -0.1) is 0 Å². The third kappa shape index (κ3) is 1.70. The average Bonchev–Trinajstić information content (AvgIpc) is 2.58. The molecule has 1 heterocycles. The summed E-state index contributed by atoms with van der Waals surface area (Å²) in [5, 5.41) is 0. The van der Waals surface area contributed by atoms with E-state index in [2.05, 4.69) is 25.7 Å². The van der Waals surface area contributed by atoms with Crippen LogP contribution in [0.4, 0.5) is 0 Å². The third-order valence-electron chi connectivity index (χ3n) is 4.26. The van der Waals surface area contributed by atoms with Gasteiger partial charge in [0.15, 0.2) is 0 Å². The third-order valence-corrected chi connectivity index (χ3v) is 4.26. The number of nitrogens with two attached hydrogens (primary N) is 1. The van der Waals surface area contributed by atoms with E-state index in [4.69, 9.17) is 5.73 Å². The normalized spacial score (nSPS) is 39.0. The molecular weight excluding hydrogens is 172 g/mol. The Bertz CT molecular complexity index is 207. The van der Waals surface area contributed by atoms with E-state index in [9.17, 15) is 0 Å². The predicted molar refractivity (Wildman–Crippen MR) is 60.1 cm³/mol. The van der Waals surface area contributed by atoms with Crippen LogP contribution in [0.3, 0.4) is 0 Å². The molecule has 1 aliphatic heterocycles. The van der Waals surface area contributed by atoms with E-state index in [1.54, 1.807) is 0 Å². The van der Waals surface area contributed by atoms with Gasteiger partial charge in [-0.3, -0.25) is 4.90 Å². The highest BCUT2D eigenvalue weighted by molar-refractivity contribution is 4.96. The number of likely N-dealkylation sites (tertiary alicyclic amines) is 1. The lowest BCUT2D eigenvalue weighted by atomic mass is 9.92. The van der Waals surface area contributed by atoms with Crippen molar-refractivity contribution in [2.75, 3.05) is 19.6 Å². The number of hydrogen-bond acceptors (Lipinski definition) is 2. The van der Waals surface area contributed by atoms with Crippen molar-refractivity contribution >= 4 is 0 Å². The molecule has 14 heavy (non-hydrogen) atoms. The fourth-order valence-electron chi connectivity index (χ4n) is 3.22. The zero-order valence-corrected chi connectivity index (χ0v) is 9.79. The van der Waals surface area contributed by atoms with Gasteiger partial charge in [0.05, 0.1) is 0 Å². The van der Waals surface area contributed by atoms with E-state index in [1.807, 2.05) is 0 Å². The molecule has 2 heteroatoms. The Morgan fingerprint density at radius 1 is 1.21 bits per heavy atom. The maximum atomic E-state index is 5.83. The minimum atomic E-state index is 0.351. The van der Waals surface area contributed by atoms with E-state index in [1.165, 1.54) is 25.9 Å². The second-order valence-corrected chi connectivity index (χ2v) is 6.07. The number of rotatable bonds is 1. The number of nitrogens with zero attached hydrogens (tertiary/aromatic N) is 1. The second kappa shape index (κ2) is 3.49. The Hall–Kier alpha value is -0.0800. The van der Waals surface area contributed by atoms with E-state index < -0.39 is 0 Å². The Morgan fingerprint density at radius 2 is 1.93 bits per heavy atom. The largest absolute Gasteiger partial charge is 0.330 e. The first-order valence-electron chi connectivity index (χ1n) is 5.97. The molecule has 3 atom stereocenters. The van der Waals surface area contributed by atoms with Gasteiger partial charge in [-0.25, -0.2) is 0 Å². The fraction of sp³-hybridized carbons (Fsp3) is 1.00. The molecule has 0 aromatic rings. The van der Waals surface area contributed by atoms with Crippen LogP contribution in [0.2, 0.25) is 0 Å². The van der Waals surface area contributed by atoms with Crippen molar-refractivity contribution in [2.45, 2.75) is 39.2 Å². The average molecular weight is 196 g/mol. The van der Waals surface area contributed by atoms with Gasteiger partial charge in [0.2, 0.25) is 0 Å². The molecule has 0 aromatic heterocycles. The minimum absolute atomic E-state index is 0.351. The summed E-state index contributed by atoms with van der Waals surface area (Å²) in [6, 6.07) is 0. The predicted octanol–water partition coefficient (Wildman–Crippen LogP) is 1.70.